The first-order valence-electron chi connectivity index (χ1n) is 8.68. The maximum Gasteiger partial charge on any atom is 0.252 e. The predicted molar refractivity (Wildman–Crippen MR) is 106 cm³/mol. The van der Waals surface area contributed by atoms with Crippen LogP contribution < -0.4 is 4.74 Å². The van der Waals surface area contributed by atoms with Crippen LogP contribution in [0.25, 0.3) is 6.08 Å². The number of aryl methyl sites for hydroxylation is 1. The number of carbonyl (C=O) groups is 1. The van der Waals surface area contributed by atoms with Gasteiger partial charge in [-0.2, -0.15) is 4.31 Å². The van der Waals surface area contributed by atoms with Crippen LogP contribution in [0.1, 0.15) is 10.4 Å². The molecule has 1 aromatic carbocycles. The Morgan fingerprint density at radius 3 is 2.46 bits per heavy atom. The number of sulfonamides is 1. The van der Waals surface area contributed by atoms with Gasteiger partial charge < -0.3 is 9.64 Å². The van der Waals surface area contributed by atoms with E-state index in [9.17, 15) is 17.6 Å². The van der Waals surface area contributed by atoms with E-state index in [2.05, 4.69) is 0 Å². The zero-order valence-corrected chi connectivity index (χ0v) is 17.2. The van der Waals surface area contributed by atoms with Gasteiger partial charge in [0.2, 0.25) is 5.91 Å². The van der Waals surface area contributed by atoms with Gasteiger partial charge in [0.25, 0.3) is 10.0 Å². The molecule has 0 spiro atoms. The molecular formula is C19H21FN2O4S2. The number of hydrogen-bond acceptors (Lipinski definition) is 5. The number of benzene rings is 1. The first kappa shape index (κ1) is 20.5. The standard InChI is InChI=1S/C19H21FN2O4S2/c1-14-3-8-19(27-14)28(24,25)22-11-9-21(10-12-22)18(23)7-5-15-4-6-17(26-2)16(20)13-15/h3-8,13H,9-12H2,1-2H3/b7-5+. The summed E-state index contributed by atoms with van der Waals surface area (Å²) in [6.45, 7) is 2.97. The van der Waals surface area contributed by atoms with Crippen LogP contribution in [-0.2, 0) is 14.8 Å². The average Bonchev–Trinajstić information content (AvgIpc) is 3.13. The van der Waals surface area contributed by atoms with Crippen molar-refractivity contribution in [2.75, 3.05) is 33.3 Å². The molecule has 3 rings (SSSR count). The van der Waals surface area contributed by atoms with Crippen LogP contribution in [0.3, 0.4) is 0 Å². The fraction of sp³-hybridized carbons (Fsp3) is 0.316. The fourth-order valence-electron chi connectivity index (χ4n) is 2.89. The molecule has 1 saturated heterocycles. The van der Waals surface area contributed by atoms with Gasteiger partial charge in [-0.25, -0.2) is 12.8 Å². The summed E-state index contributed by atoms with van der Waals surface area (Å²) in [4.78, 5) is 14.9. The van der Waals surface area contributed by atoms with Crippen LogP contribution in [0.15, 0.2) is 40.6 Å². The SMILES string of the molecule is COc1ccc(/C=C/C(=O)N2CCN(S(=O)(=O)c3ccc(C)s3)CC2)cc1F. The molecular weight excluding hydrogens is 403 g/mol. The molecule has 1 fully saturated rings. The van der Waals surface area contributed by atoms with Gasteiger partial charge in [-0.3, -0.25) is 4.79 Å². The van der Waals surface area contributed by atoms with Gasteiger partial charge in [0.1, 0.15) is 4.21 Å². The number of ether oxygens (including phenoxy) is 1. The summed E-state index contributed by atoms with van der Waals surface area (Å²) in [5.41, 5.74) is 0.543. The third-order valence-corrected chi connectivity index (χ3v) is 7.82. The molecule has 1 amide bonds. The number of amides is 1. The largest absolute Gasteiger partial charge is 0.494 e. The van der Waals surface area contributed by atoms with Crippen molar-refractivity contribution in [2.24, 2.45) is 0 Å². The maximum absolute atomic E-state index is 13.7. The van der Waals surface area contributed by atoms with E-state index in [0.29, 0.717) is 22.9 Å². The first-order valence-corrected chi connectivity index (χ1v) is 10.9. The molecule has 0 saturated carbocycles. The highest BCUT2D eigenvalue weighted by atomic mass is 32.2. The molecule has 2 aromatic rings. The van der Waals surface area contributed by atoms with E-state index in [4.69, 9.17) is 4.74 Å². The predicted octanol–water partition coefficient (Wildman–Crippen LogP) is 2.75. The van der Waals surface area contributed by atoms with E-state index in [1.165, 1.54) is 47.0 Å². The number of piperazine rings is 1. The van der Waals surface area contributed by atoms with Crippen molar-refractivity contribution in [1.29, 1.82) is 0 Å². The highest BCUT2D eigenvalue weighted by molar-refractivity contribution is 7.91. The van der Waals surface area contributed by atoms with Gasteiger partial charge >= 0.3 is 0 Å². The number of hydrogen-bond donors (Lipinski definition) is 0. The van der Waals surface area contributed by atoms with Gasteiger partial charge in [0, 0.05) is 37.1 Å². The molecule has 0 aliphatic carbocycles. The Morgan fingerprint density at radius 1 is 1.18 bits per heavy atom. The molecule has 9 heteroatoms. The highest BCUT2D eigenvalue weighted by Gasteiger charge is 2.30. The molecule has 0 bridgehead atoms. The topological polar surface area (TPSA) is 66.9 Å². The van der Waals surface area contributed by atoms with E-state index in [1.54, 1.807) is 23.1 Å². The summed E-state index contributed by atoms with van der Waals surface area (Å²) >= 11 is 1.24. The summed E-state index contributed by atoms with van der Waals surface area (Å²) in [5, 5.41) is 0. The minimum absolute atomic E-state index is 0.141. The van der Waals surface area contributed by atoms with Gasteiger partial charge in [-0.1, -0.05) is 6.07 Å². The molecule has 150 valence electrons. The Balaban J connectivity index is 1.60. The molecule has 1 aliphatic rings. The summed E-state index contributed by atoms with van der Waals surface area (Å²) in [7, 11) is -2.13. The lowest BCUT2D eigenvalue weighted by molar-refractivity contribution is -0.127. The van der Waals surface area contributed by atoms with Crippen molar-refractivity contribution in [3.63, 3.8) is 0 Å². The summed E-state index contributed by atoms with van der Waals surface area (Å²) in [5.74, 6) is -0.596. The molecule has 1 aliphatic heterocycles. The van der Waals surface area contributed by atoms with Crippen LogP contribution in [0.2, 0.25) is 0 Å². The lowest BCUT2D eigenvalue weighted by atomic mass is 10.2. The van der Waals surface area contributed by atoms with Crippen molar-refractivity contribution in [3.05, 3.63) is 52.7 Å². The summed E-state index contributed by atoms with van der Waals surface area (Å²) in [6, 6.07) is 7.83. The van der Waals surface area contributed by atoms with Gasteiger partial charge in [0.05, 0.1) is 7.11 Å². The average molecular weight is 425 g/mol. The Kier molecular flexibility index (Phi) is 6.17. The highest BCUT2D eigenvalue weighted by Crippen LogP contribution is 2.25. The molecule has 2 heterocycles. The third-order valence-electron chi connectivity index (χ3n) is 4.45. The monoisotopic (exact) mass is 424 g/mol. The van der Waals surface area contributed by atoms with E-state index in [0.717, 1.165) is 4.88 Å². The lowest BCUT2D eigenvalue weighted by Crippen LogP contribution is -2.50. The van der Waals surface area contributed by atoms with Crippen molar-refractivity contribution >= 4 is 33.3 Å². The Labute approximate surface area is 167 Å². The summed E-state index contributed by atoms with van der Waals surface area (Å²) in [6.07, 6.45) is 2.90. The van der Waals surface area contributed by atoms with Crippen LogP contribution in [0, 0.1) is 12.7 Å². The van der Waals surface area contributed by atoms with E-state index < -0.39 is 15.8 Å². The minimum Gasteiger partial charge on any atom is -0.494 e. The van der Waals surface area contributed by atoms with E-state index >= 15 is 0 Å². The zero-order chi connectivity index (χ0) is 20.3. The van der Waals surface area contributed by atoms with Gasteiger partial charge in [-0.15, -0.1) is 11.3 Å². The second-order valence-corrected chi connectivity index (χ2v) is 9.77. The molecule has 28 heavy (non-hydrogen) atoms. The first-order chi connectivity index (χ1) is 13.3. The normalized spacial score (nSPS) is 15.9. The van der Waals surface area contributed by atoms with Crippen LogP contribution in [-0.4, -0.2) is 56.8 Å². The number of carbonyl (C=O) groups excluding carboxylic acids is 1. The molecule has 1 aromatic heterocycles. The lowest BCUT2D eigenvalue weighted by Gasteiger charge is -2.33. The number of thiophene rings is 1. The number of halogens is 1. The zero-order valence-electron chi connectivity index (χ0n) is 15.6. The van der Waals surface area contributed by atoms with Crippen molar-refractivity contribution in [3.8, 4) is 5.75 Å². The van der Waals surface area contributed by atoms with Gasteiger partial charge in [0.15, 0.2) is 11.6 Å². The smallest absolute Gasteiger partial charge is 0.252 e. The molecule has 0 N–H and O–H groups in total. The number of rotatable bonds is 5. The minimum atomic E-state index is -3.51. The second-order valence-electron chi connectivity index (χ2n) is 6.32. The maximum atomic E-state index is 13.7. The fourth-order valence-corrected chi connectivity index (χ4v) is 5.75. The van der Waals surface area contributed by atoms with Crippen LogP contribution in [0.4, 0.5) is 4.39 Å². The van der Waals surface area contributed by atoms with Crippen LogP contribution in [0.5, 0.6) is 5.75 Å². The molecule has 0 radical (unpaired) electrons. The Bertz CT molecular complexity index is 993. The quantitative estimate of drug-likeness (QED) is 0.693. The van der Waals surface area contributed by atoms with Crippen LogP contribution >= 0.6 is 11.3 Å². The molecule has 6 nitrogen and oxygen atoms in total. The van der Waals surface area contributed by atoms with E-state index in [-0.39, 0.29) is 24.7 Å². The molecule has 0 unspecified atom stereocenters. The Hall–Kier alpha value is -2.23. The van der Waals surface area contributed by atoms with E-state index in [1.807, 2.05) is 6.92 Å². The number of methoxy groups -OCH3 is 1. The van der Waals surface area contributed by atoms with Crippen molar-refractivity contribution in [2.45, 2.75) is 11.1 Å². The number of nitrogens with zero attached hydrogens (tertiary/aromatic N) is 2. The molecule has 0 atom stereocenters. The second kappa shape index (κ2) is 8.42. The van der Waals surface area contributed by atoms with Crippen molar-refractivity contribution in [1.82, 2.24) is 9.21 Å². The van der Waals surface area contributed by atoms with Crippen molar-refractivity contribution < 1.29 is 22.3 Å². The summed E-state index contributed by atoms with van der Waals surface area (Å²) < 4.78 is 45.6. The van der Waals surface area contributed by atoms with Gasteiger partial charge in [-0.05, 0) is 42.8 Å². The third kappa shape index (κ3) is 4.43. The Morgan fingerprint density at radius 2 is 1.89 bits per heavy atom.